The van der Waals surface area contributed by atoms with Gasteiger partial charge in [0.25, 0.3) is 0 Å². The molecule has 2 rings (SSSR count). The molecule has 2 aromatic rings. The van der Waals surface area contributed by atoms with Crippen LogP contribution in [0.15, 0.2) is 24.5 Å². The van der Waals surface area contributed by atoms with Crippen LogP contribution >= 0.6 is 11.6 Å². The average molecular weight is 277 g/mol. The first-order valence-corrected chi connectivity index (χ1v) is 6.15. The highest BCUT2D eigenvalue weighted by Gasteiger charge is 2.14. The topological polar surface area (TPSA) is 67.8 Å². The van der Waals surface area contributed by atoms with Crippen LogP contribution in [-0.2, 0) is 0 Å². The number of anilines is 1. The molecule has 2 aromatic heterocycles. The van der Waals surface area contributed by atoms with Gasteiger partial charge in [0.1, 0.15) is 16.8 Å². The number of halogens is 1. The molecule has 0 fully saturated rings. The lowest BCUT2D eigenvalue weighted by molar-refractivity contribution is 0.112. The van der Waals surface area contributed by atoms with Gasteiger partial charge in [-0.25, -0.2) is 9.97 Å². The van der Waals surface area contributed by atoms with Crippen LogP contribution in [-0.4, -0.2) is 21.2 Å². The minimum atomic E-state index is -0.0212. The summed E-state index contributed by atoms with van der Waals surface area (Å²) in [5.74, 6) is 0.955. The Morgan fingerprint density at radius 3 is 2.63 bits per heavy atom. The number of aldehydes is 1. The molecule has 0 aliphatic carbocycles. The number of nitrogens with zero attached hydrogens (tertiary/aromatic N) is 3. The Labute approximate surface area is 116 Å². The summed E-state index contributed by atoms with van der Waals surface area (Å²) < 4.78 is 0. The predicted molar refractivity (Wildman–Crippen MR) is 73.4 cm³/mol. The average Bonchev–Trinajstić information content (AvgIpc) is 2.39. The second kappa shape index (κ2) is 5.75. The first-order valence-electron chi connectivity index (χ1n) is 5.77. The molecule has 98 valence electrons. The summed E-state index contributed by atoms with van der Waals surface area (Å²) in [5, 5.41) is 3.32. The molecular formula is C13H13ClN4O. The summed E-state index contributed by atoms with van der Waals surface area (Å²) in [6.45, 7) is 3.69. The van der Waals surface area contributed by atoms with Gasteiger partial charge in [0.2, 0.25) is 0 Å². The van der Waals surface area contributed by atoms with Crippen molar-refractivity contribution in [3.63, 3.8) is 0 Å². The fourth-order valence-electron chi connectivity index (χ4n) is 1.70. The Bertz CT molecular complexity index is 589. The lowest BCUT2D eigenvalue weighted by Gasteiger charge is -2.16. The van der Waals surface area contributed by atoms with Gasteiger partial charge in [0.15, 0.2) is 6.29 Å². The molecule has 1 atom stereocenters. The molecule has 1 N–H and O–H groups in total. The molecule has 0 radical (unpaired) electrons. The molecule has 2 heterocycles. The van der Waals surface area contributed by atoms with Crippen molar-refractivity contribution in [2.45, 2.75) is 19.9 Å². The van der Waals surface area contributed by atoms with E-state index >= 15 is 0 Å². The Kier molecular flexibility index (Phi) is 4.06. The smallest absolute Gasteiger partial charge is 0.156 e. The van der Waals surface area contributed by atoms with E-state index in [1.165, 1.54) is 0 Å². The third kappa shape index (κ3) is 3.06. The zero-order valence-electron chi connectivity index (χ0n) is 10.6. The fourth-order valence-corrected chi connectivity index (χ4v) is 1.96. The van der Waals surface area contributed by atoms with Crippen molar-refractivity contribution < 1.29 is 4.79 Å². The van der Waals surface area contributed by atoms with Crippen LogP contribution in [0, 0.1) is 6.92 Å². The standard InChI is InChI=1S/C13H13ClN4O/c1-8(10-3-5-15-6-4-10)16-13-11(7-19)12(14)17-9(2)18-13/h3-8H,1-2H3,(H,16,17,18). The van der Waals surface area contributed by atoms with Gasteiger partial charge in [0.05, 0.1) is 11.6 Å². The summed E-state index contributed by atoms with van der Waals surface area (Å²) in [6.07, 6.45) is 4.09. The molecule has 0 aliphatic rings. The van der Waals surface area contributed by atoms with E-state index in [1.54, 1.807) is 19.3 Å². The van der Waals surface area contributed by atoms with Crippen LogP contribution in [0.2, 0.25) is 5.15 Å². The lowest BCUT2D eigenvalue weighted by atomic mass is 10.1. The summed E-state index contributed by atoms with van der Waals surface area (Å²) in [5.41, 5.74) is 1.31. The molecular weight excluding hydrogens is 264 g/mol. The molecule has 0 amide bonds. The monoisotopic (exact) mass is 276 g/mol. The molecule has 0 aromatic carbocycles. The van der Waals surface area contributed by atoms with Gasteiger partial charge in [-0.3, -0.25) is 9.78 Å². The Hall–Kier alpha value is -2.01. The third-order valence-corrected chi connectivity index (χ3v) is 2.98. The molecule has 0 saturated heterocycles. The third-order valence-electron chi connectivity index (χ3n) is 2.69. The molecule has 5 nitrogen and oxygen atoms in total. The van der Waals surface area contributed by atoms with Gasteiger partial charge >= 0.3 is 0 Å². The second-order valence-electron chi connectivity index (χ2n) is 4.09. The maximum atomic E-state index is 11.1. The van der Waals surface area contributed by atoms with E-state index in [0.717, 1.165) is 5.56 Å². The summed E-state index contributed by atoms with van der Waals surface area (Å²) in [7, 11) is 0. The molecule has 6 heteroatoms. The number of carbonyl (C=O) groups excluding carboxylic acids is 1. The van der Waals surface area contributed by atoms with Gasteiger partial charge in [-0.15, -0.1) is 0 Å². The van der Waals surface area contributed by atoms with Crippen LogP contribution in [0.5, 0.6) is 0 Å². The molecule has 0 spiro atoms. The Morgan fingerprint density at radius 2 is 2.00 bits per heavy atom. The van der Waals surface area contributed by atoms with E-state index in [0.29, 0.717) is 17.9 Å². The largest absolute Gasteiger partial charge is 0.363 e. The zero-order valence-corrected chi connectivity index (χ0v) is 11.3. The normalized spacial score (nSPS) is 11.9. The van der Waals surface area contributed by atoms with Crippen molar-refractivity contribution in [2.75, 3.05) is 5.32 Å². The molecule has 19 heavy (non-hydrogen) atoms. The van der Waals surface area contributed by atoms with Gasteiger partial charge in [-0.2, -0.15) is 0 Å². The van der Waals surface area contributed by atoms with Gasteiger partial charge in [-0.1, -0.05) is 11.6 Å². The number of hydrogen-bond acceptors (Lipinski definition) is 5. The Morgan fingerprint density at radius 1 is 1.32 bits per heavy atom. The summed E-state index contributed by atoms with van der Waals surface area (Å²) >= 11 is 5.93. The fraction of sp³-hybridized carbons (Fsp3) is 0.231. The summed E-state index contributed by atoms with van der Waals surface area (Å²) in [4.78, 5) is 23.2. The number of aryl methyl sites for hydroxylation is 1. The number of hydrogen-bond donors (Lipinski definition) is 1. The van der Waals surface area contributed by atoms with Crippen LogP contribution in [0.25, 0.3) is 0 Å². The van der Waals surface area contributed by atoms with E-state index in [2.05, 4.69) is 20.3 Å². The molecule has 0 saturated carbocycles. The number of rotatable bonds is 4. The van der Waals surface area contributed by atoms with Crippen molar-refractivity contribution in [3.05, 3.63) is 46.6 Å². The lowest BCUT2D eigenvalue weighted by Crippen LogP contribution is -2.11. The second-order valence-corrected chi connectivity index (χ2v) is 4.45. The van der Waals surface area contributed by atoms with Crippen LogP contribution in [0.4, 0.5) is 5.82 Å². The quantitative estimate of drug-likeness (QED) is 0.687. The maximum Gasteiger partial charge on any atom is 0.156 e. The van der Waals surface area contributed by atoms with Crippen LogP contribution in [0.1, 0.15) is 34.7 Å². The van der Waals surface area contributed by atoms with Crippen molar-refractivity contribution in [1.82, 2.24) is 15.0 Å². The van der Waals surface area contributed by atoms with Crippen LogP contribution in [0.3, 0.4) is 0 Å². The van der Waals surface area contributed by atoms with Crippen molar-refractivity contribution in [3.8, 4) is 0 Å². The minimum Gasteiger partial charge on any atom is -0.363 e. The highest BCUT2D eigenvalue weighted by Crippen LogP contribution is 2.23. The van der Waals surface area contributed by atoms with E-state index in [9.17, 15) is 4.79 Å². The predicted octanol–water partition coefficient (Wildman–Crippen LogP) is 2.82. The highest BCUT2D eigenvalue weighted by atomic mass is 35.5. The molecule has 1 unspecified atom stereocenters. The maximum absolute atomic E-state index is 11.1. The number of nitrogens with one attached hydrogen (secondary N) is 1. The van der Waals surface area contributed by atoms with E-state index in [-0.39, 0.29) is 16.8 Å². The summed E-state index contributed by atoms with van der Waals surface area (Å²) in [6, 6.07) is 3.77. The van der Waals surface area contributed by atoms with E-state index < -0.39 is 0 Å². The zero-order chi connectivity index (χ0) is 13.8. The SMILES string of the molecule is Cc1nc(Cl)c(C=O)c(NC(C)c2ccncc2)n1. The first-order chi connectivity index (χ1) is 9.11. The van der Waals surface area contributed by atoms with Gasteiger partial charge < -0.3 is 5.32 Å². The molecule has 0 aliphatic heterocycles. The number of carbonyl (C=O) groups is 1. The first kappa shape index (κ1) is 13.4. The van der Waals surface area contributed by atoms with Crippen molar-refractivity contribution in [1.29, 1.82) is 0 Å². The Balaban J connectivity index is 2.31. The highest BCUT2D eigenvalue weighted by molar-refractivity contribution is 6.32. The number of pyridine rings is 1. The minimum absolute atomic E-state index is 0.0212. The van der Waals surface area contributed by atoms with Crippen LogP contribution < -0.4 is 5.32 Å². The van der Waals surface area contributed by atoms with Crippen molar-refractivity contribution >= 4 is 23.7 Å². The van der Waals surface area contributed by atoms with Gasteiger partial charge in [0, 0.05) is 12.4 Å². The van der Waals surface area contributed by atoms with E-state index in [1.807, 2.05) is 19.1 Å². The van der Waals surface area contributed by atoms with Crippen molar-refractivity contribution in [2.24, 2.45) is 0 Å². The number of aromatic nitrogens is 3. The van der Waals surface area contributed by atoms with E-state index in [4.69, 9.17) is 11.6 Å². The van der Waals surface area contributed by atoms with Gasteiger partial charge in [-0.05, 0) is 31.5 Å². The molecule has 0 bridgehead atoms.